The Hall–Kier alpha value is -2.31. The van der Waals surface area contributed by atoms with Crippen LogP contribution in [-0.2, 0) is 18.3 Å². The van der Waals surface area contributed by atoms with Crippen LogP contribution < -0.4 is 5.32 Å². The van der Waals surface area contributed by atoms with Crippen molar-refractivity contribution in [2.24, 2.45) is 7.05 Å². The molecule has 0 atom stereocenters. The predicted octanol–water partition coefficient (Wildman–Crippen LogP) is 2.03. The molecule has 0 aliphatic rings. The van der Waals surface area contributed by atoms with Crippen LogP contribution in [0, 0.1) is 0 Å². The van der Waals surface area contributed by atoms with E-state index in [2.05, 4.69) is 25.4 Å². The summed E-state index contributed by atoms with van der Waals surface area (Å²) in [7, 11) is 1.79. The first-order valence-electron chi connectivity index (χ1n) is 7.39. The molecule has 1 amide bonds. The highest BCUT2D eigenvalue weighted by molar-refractivity contribution is 5.90. The average molecular weight is 302 g/mol. The van der Waals surface area contributed by atoms with Gasteiger partial charge in [-0.05, 0) is 12.0 Å². The van der Waals surface area contributed by atoms with Crippen LogP contribution in [0.15, 0.2) is 12.3 Å². The molecule has 2 heterocycles. The van der Waals surface area contributed by atoms with Gasteiger partial charge >= 0.3 is 0 Å². The molecule has 7 nitrogen and oxygen atoms in total. The van der Waals surface area contributed by atoms with Crippen LogP contribution in [0.5, 0.6) is 0 Å². The lowest BCUT2D eigenvalue weighted by atomic mass is 10.1. The fraction of sp³-hybridized carbons (Fsp3) is 0.533. The van der Waals surface area contributed by atoms with Crippen molar-refractivity contribution in [3.63, 3.8) is 0 Å². The number of aryl methyl sites for hydroxylation is 1. The molecular formula is C15H22N6O. The second-order valence-electron chi connectivity index (χ2n) is 5.85. The minimum absolute atomic E-state index is 0.144. The molecule has 0 aliphatic carbocycles. The summed E-state index contributed by atoms with van der Waals surface area (Å²) in [5.74, 6) is 2.00. The van der Waals surface area contributed by atoms with Crippen molar-refractivity contribution < 1.29 is 4.79 Å². The highest BCUT2D eigenvalue weighted by atomic mass is 16.1. The molecule has 0 radical (unpaired) electrons. The predicted molar refractivity (Wildman–Crippen MR) is 83.5 cm³/mol. The zero-order chi connectivity index (χ0) is 16.3. The Balaban J connectivity index is 2.05. The van der Waals surface area contributed by atoms with Gasteiger partial charge in [0, 0.05) is 24.9 Å². The molecule has 0 aliphatic heterocycles. The topological polar surface area (TPSA) is 85.6 Å². The van der Waals surface area contributed by atoms with E-state index in [0.717, 1.165) is 11.5 Å². The van der Waals surface area contributed by atoms with E-state index in [1.807, 2.05) is 33.8 Å². The Morgan fingerprint density at radius 3 is 2.55 bits per heavy atom. The molecule has 7 heteroatoms. The van der Waals surface area contributed by atoms with Gasteiger partial charge in [0.25, 0.3) is 0 Å². The van der Waals surface area contributed by atoms with Crippen LogP contribution in [0.25, 0.3) is 0 Å². The summed E-state index contributed by atoms with van der Waals surface area (Å²) >= 11 is 0. The van der Waals surface area contributed by atoms with Gasteiger partial charge in [0.05, 0.1) is 6.42 Å². The maximum atomic E-state index is 12.1. The van der Waals surface area contributed by atoms with Crippen LogP contribution >= 0.6 is 0 Å². The molecule has 1 N–H and O–H groups in total. The summed E-state index contributed by atoms with van der Waals surface area (Å²) < 4.78 is 1.64. The van der Waals surface area contributed by atoms with Gasteiger partial charge in [-0.3, -0.25) is 14.8 Å². The number of carbonyl (C=O) groups is 1. The van der Waals surface area contributed by atoms with Crippen LogP contribution in [0.1, 0.15) is 56.9 Å². The van der Waals surface area contributed by atoms with E-state index in [1.165, 1.54) is 0 Å². The number of carbonyl (C=O) groups excluding carboxylic acids is 1. The highest BCUT2D eigenvalue weighted by Crippen LogP contribution is 2.13. The minimum atomic E-state index is -0.202. The molecule has 0 aromatic carbocycles. The molecule has 2 aromatic heterocycles. The molecule has 0 spiro atoms. The van der Waals surface area contributed by atoms with Gasteiger partial charge < -0.3 is 0 Å². The molecule has 0 saturated carbocycles. The number of anilines is 1. The number of rotatable bonds is 5. The van der Waals surface area contributed by atoms with Crippen LogP contribution in [-0.4, -0.2) is 30.6 Å². The van der Waals surface area contributed by atoms with Crippen molar-refractivity contribution in [3.8, 4) is 0 Å². The Bertz CT molecular complexity index is 662. The molecule has 0 bridgehead atoms. The number of aromatic nitrogens is 5. The molecule has 0 fully saturated rings. The standard InChI is InChI=1S/C15H22N6O/c1-9(2)11-6-7-16-15(17-11)19-13(22)8-12-18-14(10(3)4)20-21(12)5/h6-7,9-10H,8H2,1-5H3,(H,16,17,19,22). The third-order valence-corrected chi connectivity index (χ3v) is 3.22. The Kier molecular flexibility index (Phi) is 4.85. The molecule has 2 aromatic rings. The third-order valence-electron chi connectivity index (χ3n) is 3.22. The van der Waals surface area contributed by atoms with Gasteiger partial charge in [-0.2, -0.15) is 5.10 Å². The fourth-order valence-electron chi connectivity index (χ4n) is 1.90. The van der Waals surface area contributed by atoms with Gasteiger partial charge in [0.15, 0.2) is 5.82 Å². The lowest BCUT2D eigenvalue weighted by Gasteiger charge is -2.07. The lowest BCUT2D eigenvalue weighted by Crippen LogP contribution is -2.19. The zero-order valence-corrected chi connectivity index (χ0v) is 13.7. The second kappa shape index (κ2) is 6.64. The Morgan fingerprint density at radius 2 is 1.95 bits per heavy atom. The van der Waals surface area contributed by atoms with E-state index in [1.54, 1.807) is 17.9 Å². The SMILES string of the molecule is CC(C)c1ccnc(NC(=O)Cc2nc(C(C)C)nn2C)n1. The molecule has 22 heavy (non-hydrogen) atoms. The third kappa shape index (κ3) is 3.87. The van der Waals surface area contributed by atoms with E-state index >= 15 is 0 Å². The summed E-state index contributed by atoms with van der Waals surface area (Å²) in [5.41, 5.74) is 0.894. The van der Waals surface area contributed by atoms with Gasteiger partial charge in [-0.25, -0.2) is 15.0 Å². The number of hydrogen-bond acceptors (Lipinski definition) is 5. The van der Waals surface area contributed by atoms with Gasteiger partial charge in [-0.1, -0.05) is 27.7 Å². The average Bonchev–Trinajstić information content (AvgIpc) is 2.80. The summed E-state index contributed by atoms with van der Waals surface area (Å²) in [6, 6.07) is 1.85. The van der Waals surface area contributed by atoms with Gasteiger partial charge in [0.1, 0.15) is 5.82 Å². The lowest BCUT2D eigenvalue weighted by molar-refractivity contribution is -0.115. The summed E-state index contributed by atoms with van der Waals surface area (Å²) in [5, 5.41) is 7.01. The van der Waals surface area contributed by atoms with Crippen molar-refractivity contribution >= 4 is 11.9 Å². The van der Waals surface area contributed by atoms with Gasteiger partial charge in [-0.15, -0.1) is 0 Å². The first kappa shape index (κ1) is 16.1. The van der Waals surface area contributed by atoms with E-state index in [4.69, 9.17) is 0 Å². The van der Waals surface area contributed by atoms with Crippen LogP contribution in [0.4, 0.5) is 5.95 Å². The number of nitrogens with zero attached hydrogens (tertiary/aromatic N) is 5. The molecular weight excluding hydrogens is 280 g/mol. The molecule has 118 valence electrons. The second-order valence-corrected chi connectivity index (χ2v) is 5.85. The monoisotopic (exact) mass is 302 g/mol. The van der Waals surface area contributed by atoms with Crippen LogP contribution in [0.2, 0.25) is 0 Å². The van der Waals surface area contributed by atoms with E-state index in [9.17, 15) is 4.79 Å². The molecule has 0 unspecified atom stereocenters. The first-order chi connectivity index (χ1) is 10.4. The Labute approximate surface area is 130 Å². The number of amides is 1. The Morgan fingerprint density at radius 1 is 1.23 bits per heavy atom. The van der Waals surface area contributed by atoms with Crippen molar-refractivity contribution in [3.05, 3.63) is 29.6 Å². The van der Waals surface area contributed by atoms with Crippen LogP contribution in [0.3, 0.4) is 0 Å². The summed E-state index contributed by atoms with van der Waals surface area (Å²) in [4.78, 5) is 24.9. The van der Waals surface area contributed by atoms with Crippen molar-refractivity contribution in [2.45, 2.75) is 46.0 Å². The van der Waals surface area contributed by atoms with Crippen molar-refractivity contribution in [1.82, 2.24) is 24.7 Å². The smallest absolute Gasteiger partial charge is 0.234 e. The normalized spacial score (nSPS) is 11.2. The number of hydrogen-bond donors (Lipinski definition) is 1. The largest absolute Gasteiger partial charge is 0.294 e. The fourth-order valence-corrected chi connectivity index (χ4v) is 1.90. The van der Waals surface area contributed by atoms with E-state index < -0.39 is 0 Å². The maximum Gasteiger partial charge on any atom is 0.234 e. The molecule has 2 rings (SSSR count). The highest BCUT2D eigenvalue weighted by Gasteiger charge is 2.14. The van der Waals surface area contributed by atoms with Gasteiger partial charge in [0.2, 0.25) is 11.9 Å². The van der Waals surface area contributed by atoms with E-state index in [-0.39, 0.29) is 24.2 Å². The van der Waals surface area contributed by atoms with Crippen molar-refractivity contribution in [1.29, 1.82) is 0 Å². The quantitative estimate of drug-likeness (QED) is 0.913. The van der Waals surface area contributed by atoms with E-state index in [0.29, 0.717) is 11.8 Å². The molecule has 0 saturated heterocycles. The maximum absolute atomic E-state index is 12.1. The zero-order valence-electron chi connectivity index (χ0n) is 13.7. The summed E-state index contributed by atoms with van der Waals surface area (Å²) in [6.07, 6.45) is 1.79. The number of nitrogens with one attached hydrogen (secondary N) is 1. The summed E-state index contributed by atoms with van der Waals surface area (Å²) in [6.45, 7) is 8.12. The van der Waals surface area contributed by atoms with Crippen molar-refractivity contribution in [2.75, 3.05) is 5.32 Å². The first-order valence-corrected chi connectivity index (χ1v) is 7.39. The minimum Gasteiger partial charge on any atom is -0.294 e.